The van der Waals surface area contributed by atoms with Crippen molar-refractivity contribution in [2.45, 2.75) is 27.2 Å². The Morgan fingerprint density at radius 3 is 2.57 bits per heavy atom. The molecule has 2 rings (SSSR count). The first-order valence-corrected chi connectivity index (χ1v) is 7.04. The molecule has 1 heterocycles. The van der Waals surface area contributed by atoms with E-state index in [1.807, 2.05) is 19.1 Å². The van der Waals surface area contributed by atoms with Gasteiger partial charge in [-0.05, 0) is 37.5 Å². The molecule has 0 bridgehead atoms. The van der Waals surface area contributed by atoms with Crippen molar-refractivity contribution in [1.29, 1.82) is 0 Å². The van der Waals surface area contributed by atoms with Crippen LogP contribution in [0.15, 0.2) is 18.2 Å². The number of benzene rings is 1. The maximum atomic E-state index is 5.49. The van der Waals surface area contributed by atoms with Gasteiger partial charge in [0.05, 0.1) is 6.61 Å². The third-order valence-corrected chi connectivity index (χ3v) is 3.12. The van der Waals surface area contributed by atoms with Crippen LogP contribution in [-0.4, -0.2) is 28.6 Å². The maximum Gasteiger partial charge on any atom is 0.323 e. The molecule has 0 saturated heterocycles. The van der Waals surface area contributed by atoms with E-state index in [0.29, 0.717) is 24.5 Å². The van der Waals surface area contributed by atoms with E-state index in [4.69, 9.17) is 4.74 Å². The number of anilines is 3. The van der Waals surface area contributed by atoms with Crippen molar-refractivity contribution in [2.75, 3.05) is 24.3 Å². The van der Waals surface area contributed by atoms with Crippen LogP contribution in [0, 0.1) is 13.8 Å². The highest BCUT2D eigenvalue weighted by Crippen LogP contribution is 2.22. The summed E-state index contributed by atoms with van der Waals surface area (Å²) in [6.45, 7) is 6.75. The van der Waals surface area contributed by atoms with Crippen molar-refractivity contribution in [2.24, 2.45) is 0 Å². The third kappa shape index (κ3) is 3.81. The summed E-state index contributed by atoms with van der Waals surface area (Å²) in [5.41, 5.74) is 3.36. The molecule has 6 nitrogen and oxygen atoms in total. The van der Waals surface area contributed by atoms with Gasteiger partial charge in [-0.2, -0.15) is 15.0 Å². The van der Waals surface area contributed by atoms with Crippen LogP contribution in [-0.2, 0) is 0 Å². The zero-order valence-corrected chi connectivity index (χ0v) is 12.9. The van der Waals surface area contributed by atoms with Crippen LogP contribution in [0.3, 0.4) is 0 Å². The zero-order valence-electron chi connectivity index (χ0n) is 12.9. The van der Waals surface area contributed by atoms with E-state index in [-0.39, 0.29) is 0 Å². The van der Waals surface area contributed by atoms with Gasteiger partial charge in [0.15, 0.2) is 0 Å². The highest BCUT2D eigenvalue weighted by Gasteiger charge is 2.08. The van der Waals surface area contributed by atoms with Crippen LogP contribution in [0.25, 0.3) is 0 Å². The minimum absolute atomic E-state index is 0.323. The van der Waals surface area contributed by atoms with Crippen LogP contribution in [0.4, 0.5) is 17.6 Å². The number of ether oxygens (including phenoxy) is 1. The van der Waals surface area contributed by atoms with Crippen molar-refractivity contribution in [3.8, 4) is 6.01 Å². The number of rotatable bonds is 6. The molecule has 0 saturated carbocycles. The molecule has 2 N–H and O–H groups in total. The number of nitrogens with zero attached hydrogens (tertiary/aromatic N) is 3. The SMILES string of the molecule is CCCOc1nc(NC)nc(Nc2cccc(C)c2C)n1. The molecule has 0 atom stereocenters. The molecule has 0 aliphatic heterocycles. The fraction of sp³-hybridized carbons (Fsp3) is 0.400. The molecule has 0 spiro atoms. The van der Waals surface area contributed by atoms with Gasteiger partial charge in [0.2, 0.25) is 11.9 Å². The number of aryl methyl sites for hydroxylation is 1. The monoisotopic (exact) mass is 287 g/mol. The van der Waals surface area contributed by atoms with Gasteiger partial charge in [-0.15, -0.1) is 0 Å². The molecule has 112 valence electrons. The molecule has 1 aromatic heterocycles. The van der Waals surface area contributed by atoms with Crippen molar-refractivity contribution >= 4 is 17.6 Å². The Labute approximate surface area is 125 Å². The summed E-state index contributed by atoms with van der Waals surface area (Å²) in [6, 6.07) is 6.39. The van der Waals surface area contributed by atoms with Gasteiger partial charge in [-0.3, -0.25) is 0 Å². The predicted molar refractivity (Wildman–Crippen MR) is 84.4 cm³/mol. The first-order valence-electron chi connectivity index (χ1n) is 7.04. The normalized spacial score (nSPS) is 10.3. The molecule has 0 aliphatic carbocycles. The molecule has 0 aliphatic rings. The first-order chi connectivity index (χ1) is 10.1. The molecule has 0 unspecified atom stereocenters. The lowest BCUT2D eigenvalue weighted by Crippen LogP contribution is -2.08. The molecule has 0 amide bonds. The minimum Gasteiger partial charge on any atom is -0.463 e. The quantitative estimate of drug-likeness (QED) is 0.850. The van der Waals surface area contributed by atoms with E-state index in [9.17, 15) is 0 Å². The standard InChI is InChI=1S/C15H21N5O/c1-5-9-21-15-19-13(16-4)18-14(20-15)17-12-8-6-7-10(2)11(12)3/h6-8H,5,9H2,1-4H3,(H2,16,17,18,19,20). The van der Waals surface area contributed by atoms with E-state index in [1.165, 1.54) is 11.1 Å². The maximum absolute atomic E-state index is 5.49. The lowest BCUT2D eigenvalue weighted by atomic mass is 10.1. The van der Waals surface area contributed by atoms with Gasteiger partial charge in [-0.25, -0.2) is 0 Å². The summed E-state index contributed by atoms with van der Waals surface area (Å²) in [5, 5.41) is 6.14. The fourth-order valence-corrected chi connectivity index (χ4v) is 1.79. The Kier molecular flexibility index (Phi) is 4.92. The topological polar surface area (TPSA) is 72.0 Å². The molecule has 2 aromatic rings. The Hall–Kier alpha value is -2.37. The second-order valence-electron chi connectivity index (χ2n) is 4.74. The van der Waals surface area contributed by atoms with Crippen LogP contribution < -0.4 is 15.4 Å². The summed E-state index contributed by atoms with van der Waals surface area (Å²) < 4.78 is 5.49. The Morgan fingerprint density at radius 1 is 1.10 bits per heavy atom. The van der Waals surface area contributed by atoms with Crippen LogP contribution in [0.1, 0.15) is 24.5 Å². The van der Waals surface area contributed by atoms with Gasteiger partial charge in [0, 0.05) is 12.7 Å². The van der Waals surface area contributed by atoms with Gasteiger partial charge in [0.25, 0.3) is 0 Å². The summed E-state index contributed by atoms with van der Waals surface area (Å²) in [5.74, 6) is 0.943. The van der Waals surface area contributed by atoms with Gasteiger partial charge in [0.1, 0.15) is 0 Å². The zero-order chi connectivity index (χ0) is 15.2. The molecule has 0 fully saturated rings. The van der Waals surface area contributed by atoms with Crippen LogP contribution in [0.5, 0.6) is 6.01 Å². The van der Waals surface area contributed by atoms with Crippen molar-refractivity contribution in [3.63, 3.8) is 0 Å². The van der Waals surface area contributed by atoms with Gasteiger partial charge in [-0.1, -0.05) is 19.1 Å². The lowest BCUT2D eigenvalue weighted by molar-refractivity contribution is 0.292. The molecule has 0 radical (unpaired) electrons. The van der Waals surface area contributed by atoms with E-state index < -0.39 is 0 Å². The molecule has 1 aromatic carbocycles. The summed E-state index contributed by atoms with van der Waals surface area (Å²) >= 11 is 0. The second-order valence-corrected chi connectivity index (χ2v) is 4.74. The molecule has 21 heavy (non-hydrogen) atoms. The van der Waals surface area contributed by atoms with E-state index >= 15 is 0 Å². The van der Waals surface area contributed by atoms with Crippen molar-refractivity contribution < 1.29 is 4.74 Å². The summed E-state index contributed by atoms with van der Waals surface area (Å²) in [7, 11) is 1.76. The number of hydrogen-bond acceptors (Lipinski definition) is 6. The van der Waals surface area contributed by atoms with E-state index in [0.717, 1.165) is 12.1 Å². The van der Waals surface area contributed by atoms with Crippen molar-refractivity contribution in [3.05, 3.63) is 29.3 Å². The second kappa shape index (κ2) is 6.88. The smallest absolute Gasteiger partial charge is 0.323 e. The Bertz CT molecular complexity index is 615. The van der Waals surface area contributed by atoms with E-state index in [1.54, 1.807) is 7.05 Å². The third-order valence-electron chi connectivity index (χ3n) is 3.12. The van der Waals surface area contributed by atoms with Gasteiger partial charge < -0.3 is 15.4 Å². The van der Waals surface area contributed by atoms with E-state index in [2.05, 4.69) is 45.5 Å². The highest BCUT2D eigenvalue weighted by molar-refractivity contribution is 5.60. The highest BCUT2D eigenvalue weighted by atomic mass is 16.5. The predicted octanol–water partition coefficient (Wildman–Crippen LogP) is 3.06. The average molecular weight is 287 g/mol. The molecular formula is C15H21N5O. The minimum atomic E-state index is 0.323. The Morgan fingerprint density at radius 2 is 1.86 bits per heavy atom. The summed E-state index contributed by atoms with van der Waals surface area (Å²) in [6.07, 6.45) is 0.903. The summed E-state index contributed by atoms with van der Waals surface area (Å²) in [4.78, 5) is 12.8. The van der Waals surface area contributed by atoms with Gasteiger partial charge >= 0.3 is 6.01 Å². The number of nitrogens with one attached hydrogen (secondary N) is 2. The number of aromatic nitrogens is 3. The largest absolute Gasteiger partial charge is 0.463 e. The van der Waals surface area contributed by atoms with Crippen LogP contribution in [0.2, 0.25) is 0 Å². The first kappa shape index (κ1) is 15.0. The fourth-order valence-electron chi connectivity index (χ4n) is 1.79. The number of hydrogen-bond donors (Lipinski definition) is 2. The average Bonchev–Trinajstić information content (AvgIpc) is 2.49. The Balaban J connectivity index is 2.28. The molecular weight excluding hydrogens is 266 g/mol. The van der Waals surface area contributed by atoms with Crippen LogP contribution >= 0.6 is 0 Å². The van der Waals surface area contributed by atoms with Crippen molar-refractivity contribution in [1.82, 2.24) is 15.0 Å². The lowest BCUT2D eigenvalue weighted by Gasteiger charge is -2.12. The molecule has 6 heteroatoms.